The van der Waals surface area contributed by atoms with Gasteiger partial charge in [0.1, 0.15) is 0 Å². The molecule has 16 heavy (non-hydrogen) atoms. The topological polar surface area (TPSA) is 41.6 Å². The Morgan fingerprint density at radius 2 is 2.19 bits per heavy atom. The van der Waals surface area contributed by atoms with Crippen molar-refractivity contribution in [3.05, 3.63) is 0 Å². The number of piperidine rings is 1. The molecule has 94 valence electrons. The summed E-state index contributed by atoms with van der Waals surface area (Å²) < 4.78 is 4.80. The smallest absolute Gasteiger partial charge is 0.409 e. The summed E-state index contributed by atoms with van der Waals surface area (Å²) in [5, 5.41) is 3.43. The lowest BCUT2D eigenvalue weighted by atomic mass is 9.91. The molecule has 1 aliphatic rings. The molecule has 0 aliphatic carbocycles. The average molecular weight is 228 g/mol. The van der Waals surface area contributed by atoms with Gasteiger partial charge >= 0.3 is 6.09 Å². The zero-order chi connectivity index (χ0) is 12.0. The molecule has 1 fully saturated rings. The highest BCUT2D eigenvalue weighted by molar-refractivity contribution is 5.67. The van der Waals surface area contributed by atoms with Crippen LogP contribution in [-0.4, -0.2) is 43.8 Å². The fourth-order valence-corrected chi connectivity index (χ4v) is 2.54. The third-order valence-electron chi connectivity index (χ3n) is 3.16. The molecular formula is C12H24N2O2. The van der Waals surface area contributed by atoms with Crippen LogP contribution in [-0.2, 0) is 4.74 Å². The summed E-state index contributed by atoms with van der Waals surface area (Å²) in [5.41, 5.74) is 0. The van der Waals surface area contributed by atoms with Crippen LogP contribution in [0.5, 0.6) is 0 Å². The van der Waals surface area contributed by atoms with E-state index in [2.05, 4.69) is 19.2 Å². The number of ether oxygens (including phenoxy) is 1. The number of hydrogen-bond donors (Lipinski definition) is 1. The molecule has 2 atom stereocenters. The van der Waals surface area contributed by atoms with Gasteiger partial charge < -0.3 is 15.0 Å². The lowest BCUT2D eigenvalue weighted by Crippen LogP contribution is -2.51. The molecule has 0 aromatic carbocycles. The van der Waals surface area contributed by atoms with Crippen molar-refractivity contribution >= 4 is 6.09 Å². The standard InChI is InChI=1S/C12H24N2O2/c1-4-6-10-7-11(13-5-2)9-14(8-10)12(15)16-3/h10-11,13H,4-9H2,1-3H3. The number of amides is 1. The highest BCUT2D eigenvalue weighted by Crippen LogP contribution is 2.21. The molecule has 1 rings (SSSR count). The van der Waals surface area contributed by atoms with E-state index in [0.29, 0.717) is 12.0 Å². The zero-order valence-corrected chi connectivity index (χ0v) is 10.7. The van der Waals surface area contributed by atoms with E-state index in [4.69, 9.17) is 4.74 Å². The summed E-state index contributed by atoms with van der Waals surface area (Å²) in [6.07, 6.45) is 3.35. The number of rotatable bonds is 4. The van der Waals surface area contributed by atoms with Gasteiger partial charge in [-0.25, -0.2) is 4.79 Å². The van der Waals surface area contributed by atoms with Crippen LogP contribution < -0.4 is 5.32 Å². The Hall–Kier alpha value is -0.770. The highest BCUT2D eigenvalue weighted by atomic mass is 16.5. The van der Waals surface area contributed by atoms with E-state index in [1.54, 1.807) is 0 Å². The van der Waals surface area contributed by atoms with E-state index in [0.717, 1.165) is 19.6 Å². The van der Waals surface area contributed by atoms with Gasteiger partial charge in [-0.3, -0.25) is 0 Å². The minimum Gasteiger partial charge on any atom is -0.453 e. The van der Waals surface area contributed by atoms with E-state index >= 15 is 0 Å². The molecule has 1 amide bonds. The second-order valence-corrected chi connectivity index (χ2v) is 4.52. The SMILES string of the molecule is CCCC1CC(NCC)CN(C(=O)OC)C1. The minimum atomic E-state index is -0.191. The third kappa shape index (κ3) is 3.67. The number of nitrogens with one attached hydrogen (secondary N) is 1. The van der Waals surface area contributed by atoms with Crippen molar-refractivity contribution in [3.8, 4) is 0 Å². The van der Waals surface area contributed by atoms with Crippen molar-refractivity contribution in [3.63, 3.8) is 0 Å². The summed E-state index contributed by atoms with van der Waals surface area (Å²) in [6, 6.07) is 0.425. The summed E-state index contributed by atoms with van der Waals surface area (Å²) >= 11 is 0. The van der Waals surface area contributed by atoms with E-state index in [-0.39, 0.29) is 6.09 Å². The van der Waals surface area contributed by atoms with E-state index in [9.17, 15) is 4.79 Å². The predicted octanol–water partition coefficient (Wildman–Crippen LogP) is 1.85. The van der Waals surface area contributed by atoms with Gasteiger partial charge in [0.05, 0.1) is 7.11 Å². The molecule has 4 heteroatoms. The van der Waals surface area contributed by atoms with E-state index in [1.807, 2.05) is 4.90 Å². The second-order valence-electron chi connectivity index (χ2n) is 4.52. The third-order valence-corrected chi connectivity index (χ3v) is 3.16. The van der Waals surface area contributed by atoms with E-state index in [1.165, 1.54) is 26.4 Å². The van der Waals surface area contributed by atoms with Gasteiger partial charge in [-0.05, 0) is 25.3 Å². The molecule has 1 heterocycles. The quantitative estimate of drug-likeness (QED) is 0.798. The lowest BCUT2D eigenvalue weighted by molar-refractivity contribution is 0.0893. The number of carbonyl (C=O) groups excluding carboxylic acids is 1. The van der Waals surface area contributed by atoms with Gasteiger partial charge in [-0.2, -0.15) is 0 Å². The Balaban J connectivity index is 2.54. The van der Waals surface area contributed by atoms with Crippen LogP contribution in [0.25, 0.3) is 0 Å². The molecule has 1 aliphatic heterocycles. The monoisotopic (exact) mass is 228 g/mol. The maximum atomic E-state index is 11.5. The van der Waals surface area contributed by atoms with Crippen molar-refractivity contribution < 1.29 is 9.53 Å². The molecule has 1 saturated heterocycles. The first kappa shape index (κ1) is 13.3. The molecule has 0 aromatic heterocycles. The lowest BCUT2D eigenvalue weighted by Gasteiger charge is -2.37. The van der Waals surface area contributed by atoms with Crippen LogP contribution in [0.3, 0.4) is 0 Å². The molecule has 0 bridgehead atoms. The largest absolute Gasteiger partial charge is 0.453 e. The number of hydrogen-bond acceptors (Lipinski definition) is 3. The summed E-state index contributed by atoms with van der Waals surface area (Å²) in [5.74, 6) is 0.613. The number of likely N-dealkylation sites (N-methyl/N-ethyl adjacent to an activating group) is 1. The van der Waals surface area contributed by atoms with Crippen LogP contribution >= 0.6 is 0 Å². The van der Waals surface area contributed by atoms with Crippen molar-refractivity contribution in [1.82, 2.24) is 10.2 Å². The Kier molecular flexibility index (Phi) is 5.60. The maximum Gasteiger partial charge on any atom is 0.409 e. The van der Waals surface area contributed by atoms with Gasteiger partial charge in [0, 0.05) is 19.1 Å². The predicted molar refractivity (Wildman–Crippen MR) is 64.5 cm³/mol. The van der Waals surface area contributed by atoms with Crippen molar-refractivity contribution in [2.45, 2.75) is 39.2 Å². The molecule has 0 aromatic rings. The van der Waals surface area contributed by atoms with Crippen LogP contribution in [0.4, 0.5) is 4.79 Å². The Bertz CT molecular complexity index is 207. The molecule has 0 radical (unpaired) electrons. The normalized spacial score (nSPS) is 25.6. The van der Waals surface area contributed by atoms with Gasteiger partial charge in [0.15, 0.2) is 0 Å². The number of methoxy groups -OCH3 is 1. The van der Waals surface area contributed by atoms with Crippen LogP contribution in [0.1, 0.15) is 33.1 Å². The fraction of sp³-hybridized carbons (Fsp3) is 0.917. The van der Waals surface area contributed by atoms with Crippen molar-refractivity contribution in [1.29, 1.82) is 0 Å². The number of nitrogens with zero attached hydrogens (tertiary/aromatic N) is 1. The Morgan fingerprint density at radius 3 is 2.75 bits per heavy atom. The van der Waals surface area contributed by atoms with Crippen LogP contribution in [0.2, 0.25) is 0 Å². The summed E-state index contributed by atoms with van der Waals surface area (Å²) in [4.78, 5) is 13.4. The first-order valence-electron chi connectivity index (χ1n) is 6.27. The van der Waals surface area contributed by atoms with E-state index < -0.39 is 0 Å². The average Bonchev–Trinajstić information content (AvgIpc) is 2.28. The number of carbonyl (C=O) groups is 1. The van der Waals surface area contributed by atoms with Crippen LogP contribution in [0.15, 0.2) is 0 Å². The molecule has 4 nitrogen and oxygen atoms in total. The van der Waals surface area contributed by atoms with Gasteiger partial charge in [-0.15, -0.1) is 0 Å². The molecule has 0 saturated carbocycles. The molecule has 2 unspecified atom stereocenters. The highest BCUT2D eigenvalue weighted by Gasteiger charge is 2.29. The summed E-state index contributed by atoms with van der Waals surface area (Å²) in [7, 11) is 1.45. The second kappa shape index (κ2) is 6.74. The number of likely N-dealkylation sites (tertiary alicyclic amines) is 1. The van der Waals surface area contributed by atoms with Gasteiger partial charge in [-0.1, -0.05) is 20.3 Å². The fourth-order valence-electron chi connectivity index (χ4n) is 2.54. The first-order chi connectivity index (χ1) is 7.71. The molecule has 1 N–H and O–H groups in total. The van der Waals surface area contributed by atoms with Crippen molar-refractivity contribution in [2.75, 3.05) is 26.7 Å². The Labute approximate surface area is 98.3 Å². The Morgan fingerprint density at radius 1 is 1.44 bits per heavy atom. The van der Waals surface area contributed by atoms with Gasteiger partial charge in [0.25, 0.3) is 0 Å². The van der Waals surface area contributed by atoms with Crippen molar-refractivity contribution in [2.24, 2.45) is 5.92 Å². The zero-order valence-electron chi connectivity index (χ0n) is 10.7. The minimum absolute atomic E-state index is 0.191. The molecule has 0 spiro atoms. The summed E-state index contributed by atoms with van der Waals surface area (Å²) in [6.45, 7) is 6.88. The van der Waals surface area contributed by atoms with Gasteiger partial charge in [0.2, 0.25) is 0 Å². The first-order valence-corrected chi connectivity index (χ1v) is 6.27. The van der Waals surface area contributed by atoms with Crippen LogP contribution in [0, 0.1) is 5.92 Å². The maximum absolute atomic E-state index is 11.5. The molecular weight excluding hydrogens is 204 g/mol.